The van der Waals surface area contributed by atoms with E-state index in [-0.39, 0.29) is 5.69 Å². The molecule has 1 aromatic heterocycles. The Hall–Kier alpha value is -2.80. The summed E-state index contributed by atoms with van der Waals surface area (Å²) < 4.78 is 11.9. The van der Waals surface area contributed by atoms with E-state index in [9.17, 15) is 9.00 Å². The molecule has 0 saturated carbocycles. The lowest BCUT2D eigenvalue weighted by Crippen LogP contribution is -2.12. The summed E-state index contributed by atoms with van der Waals surface area (Å²) in [6.45, 7) is 0. The van der Waals surface area contributed by atoms with E-state index in [4.69, 9.17) is 5.73 Å². The maximum Gasteiger partial charge on any atom is 0.271 e. The van der Waals surface area contributed by atoms with Gasteiger partial charge >= 0.3 is 0 Å². The van der Waals surface area contributed by atoms with Gasteiger partial charge in [0.05, 0.1) is 10.8 Å². The van der Waals surface area contributed by atoms with Gasteiger partial charge in [-0.1, -0.05) is 42.5 Å². The van der Waals surface area contributed by atoms with Crippen LogP contribution in [0.5, 0.6) is 0 Å². The Kier molecular flexibility index (Phi) is 4.03. The highest BCUT2D eigenvalue weighted by atomic mass is 32.2. The maximum absolute atomic E-state index is 11.9. The van der Waals surface area contributed by atoms with E-state index in [1.807, 2.05) is 48.5 Å². The number of H-pyrrole nitrogens is 1. The SMILES string of the molecule is CS(=O)c1ccccc1-c1ccc(-c2n[nH]nc2C(N)=O)cc1. The number of carbonyl (C=O) groups is 1. The van der Waals surface area contributed by atoms with Gasteiger partial charge in [-0.05, 0) is 17.2 Å². The predicted molar refractivity (Wildman–Crippen MR) is 88.1 cm³/mol. The fourth-order valence-electron chi connectivity index (χ4n) is 2.37. The molecule has 1 atom stereocenters. The number of nitrogens with one attached hydrogen (secondary N) is 1. The van der Waals surface area contributed by atoms with Gasteiger partial charge in [-0.3, -0.25) is 9.00 Å². The van der Waals surface area contributed by atoms with E-state index < -0.39 is 16.7 Å². The predicted octanol–water partition coefficient (Wildman–Crippen LogP) is 1.97. The summed E-state index contributed by atoms with van der Waals surface area (Å²) in [5.74, 6) is -0.635. The number of hydrogen-bond donors (Lipinski definition) is 2. The van der Waals surface area contributed by atoms with Crippen LogP contribution in [0.15, 0.2) is 53.4 Å². The lowest BCUT2D eigenvalue weighted by atomic mass is 10.0. The third-order valence-corrected chi connectivity index (χ3v) is 4.42. The summed E-state index contributed by atoms with van der Waals surface area (Å²) in [6.07, 6.45) is 1.65. The highest BCUT2D eigenvalue weighted by Crippen LogP contribution is 2.28. The Morgan fingerprint density at radius 3 is 2.35 bits per heavy atom. The molecule has 0 aliphatic carbocycles. The van der Waals surface area contributed by atoms with E-state index >= 15 is 0 Å². The number of primary amides is 1. The van der Waals surface area contributed by atoms with Crippen molar-refractivity contribution in [3.63, 3.8) is 0 Å². The molecule has 0 bridgehead atoms. The van der Waals surface area contributed by atoms with E-state index in [0.717, 1.165) is 21.6 Å². The molecule has 0 saturated heterocycles. The molecule has 3 rings (SSSR count). The van der Waals surface area contributed by atoms with Crippen LogP contribution in [0.1, 0.15) is 10.5 Å². The third kappa shape index (κ3) is 2.91. The minimum atomic E-state index is -1.07. The van der Waals surface area contributed by atoms with Gasteiger partial charge in [0.25, 0.3) is 5.91 Å². The van der Waals surface area contributed by atoms with Gasteiger partial charge < -0.3 is 5.73 Å². The molecule has 1 amide bonds. The van der Waals surface area contributed by atoms with Crippen LogP contribution in [-0.2, 0) is 10.8 Å². The fraction of sp³-hybridized carbons (Fsp3) is 0.0625. The molecule has 1 unspecified atom stereocenters. The molecular formula is C16H14N4O2S. The number of aromatic nitrogens is 3. The molecule has 23 heavy (non-hydrogen) atoms. The summed E-state index contributed by atoms with van der Waals surface area (Å²) in [4.78, 5) is 12.1. The maximum atomic E-state index is 11.9. The summed E-state index contributed by atoms with van der Waals surface area (Å²) >= 11 is 0. The molecule has 7 heteroatoms. The van der Waals surface area contributed by atoms with E-state index in [0.29, 0.717) is 5.69 Å². The largest absolute Gasteiger partial charge is 0.364 e. The van der Waals surface area contributed by atoms with Crippen molar-refractivity contribution in [1.29, 1.82) is 0 Å². The monoisotopic (exact) mass is 326 g/mol. The summed E-state index contributed by atoms with van der Waals surface area (Å²) in [7, 11) is -1.07. The molecule has 3 N–H and O–H groups in total. The Bertz CT molecular complexity index is 887. The standard InChI is InChI=1S/C16H14N4O2S/c1-23(22)13-5-3-2-4-12(13)10-6-8-11(9-7-10)14-15(16(17)21)19-20-18-14/h2-9H,1H3,(H2,17,21)(H,18,19,20). The van der Waals surface area contributed by atoms with Crippen molar-refractivity contribution in [1.82, 2.24) is 15.4 Å². The Labute approximate surface area is 135 Å². The average Bonchev–Trinajstić information content (AvgIpc) is 3.05. The highest BCUT2D eigenvalue weighted by molar-refractivity contribution is 7.84. The second-order valence-corrected chi connectivity index (χ2v) is 6.26. The van der Waals surface area contributed by atoms with Crippen LogP contribution in [0.2, 0.25) is 0 Å². The number of hydrogen-bond acceptors (Lipinski definition) is 4. The number of carbonyl (C=O) groups excluding carboxylic acids is 1. The van der Waals surface area contributed by atoms with Crippen molar-refractivity contribution < 1.29 is 9.00 Å². The summed E-state index contributed by atoms with van der Waals surface area (Å²) in [5, 5.41) is 10.1. The number of aromatic amines is 1. The van der Waals surface area contributed by atoms with Crippen molar-refractivity contribution in [3.8, 4) is 22.4 Å². The van der Waals surface area contributed by atoms with Gasteiger partial charge in [-0.25, -0.2) is 0 Å². The highest BCUT2D eigenvalue weighted by Gasteiger charge is 2.15. The molecule has 2 aromatic carbocycles. The van der Waals surface area contributed by atoms with Gasteiger partial charge in [-0.2, -0.15) is 15.4 Å². The first-order valence-corrected chi connectivity index (χ1v) is 8.37. The smallest absolute Gasteiger partial charge is 0.271 e. The fourth-order valence-corrected chi connectivity index (χ4v) is 3.13. The molecule has 0 fully saturated rings. The second kappa shape index (κ2) is 6.13. The van der Waals surface area contributed by atoms with Gasteiger partial charge in [0.1, 0.15) is 5.69 Å². The zero-order chi connectivity index (χ0) is 16.4. The van der Waals surface area contributed by atoms with E-state index in [1.165, 1.54) is 0 Å². The van der Waals surface area contributed by atoms with Gasteiger partial charge in [-0.15, -0.1) is 0 Å². The van der Waals surface area contributed by atoms with E-state index in [1.54, 1.807) is 6.26 Å². The van der Waals surface area contributed by atoms with Gasteiger partial charge in [0, 0.05) is 16.7 Å². The average molecular weight is 326 g/mol. The first-order chi connectivity index (χ1) is 11.1. The first-order valence-electron chi connectivity index (χ1n) is 6.81. The number of amides is 1. The van der Waals surface area contributed by atoms with Crippen molar-refractivity contribution >= 4 is 16.7 Å². The molecule has 3 aromatic rings. The Balaban J connectivity index is 2.02. The van der Waals surface area contributed by atoms with Gasteiger partial charge in [0.15, 0.2) is 5.69 Å². The van der Waals surface area contributed by atoms with Crippen molar-refractivity contribution in [2.75, 3.05) is 6.26 Å². The molecule has 0 spiro atoms. The number of rotatable bonds is 4. The first kappa shape index (κ1) is 15.1. The zero-order valence-corrected chi connectivity index (χ0v) is 13.1. The molecule has 116 valence electrons. The Morgan fingerprint density at radius 1 is 1.04 bits per heavy atom. The van der Waals surface area contributed by atoms with Crippen molar-refractivity contribution in [3.05, 3.63) is 54.2 Å². The molecule has 0 radical (unpaired) electrons. The molecule has 0 aliphatic rings. The third-order valence-electron chi connectivity index (χ3n) is 3.45. The summed E-state index contributed by atoms with van der Waals surface area (Å²) in [5.41, 5.74) is 8.37. The molecular weight excluding hydrogens is 312 g/mol. The van der Waals surface area contributed by atoms with Crippen LogP contribution in [-0.4, -0.2) is 31.8 Å². The minimum Gasteiger partial charge on any atom is -0.364 e. The quantitative estimate of drug-likeness (QED) is 0.765. The van der Waals surface area contributed by atoms with Crippen molar-refractivity contribution in [2.45, 2.75) is 4.90 Å². The van der Waals surface area contributed by atoms with E-state index in [2.05, 4.69) is 15.4 Å². The second-order valence-electron chi connectivity index (χ2n) is 4.91. The number of nitrogens with zero attached hydrogens (tertiary/aromatic N) is 2. The van der Waals surface area contributed by atoms with Crippen LogP contribution < -0.4 is 5.73 Å². The van der Waals surface area contributed by atoms with Crippen LogP contribution >= 0.6 is 0 Å². The summed E-state index contributed by atoms with van der Waals surface area (Å²) in [6, 6.07) is 15.0. The number of nitrogens with two attached hydrogens (primary N) is 1. The lowest BCUT2D eigenvalue weighted by Gasteiger charge is -2.08. The normalized spacial score (nSPS) is 12.0. The number of benzene rings is 2. The van der Waals surface area contributed by atoms with Crippen LogP contribution in [0, 0.1) is 0 Å². The Morgan fingerprint density at radius 2 is 1.70 bits per heavy atom. The molecule has 6 nitrogen and oxygen atoms in total. The topological polar surface area (TPSA) is 102 Å². The zero-order valence-electron chi connectivity index (χ0n) is 12.3. The van der Waals surface area contributed by atoms with Crippen LogP contribution in [0.25, 0.3) is 22.4 Å². The molecule has 1 heterocycles. The lowest BCUT2D eigenvalue weighted by molar-refractivity contribution is 0.0996. The van der Waals surface area contributed by atoms with Crippen LogP contribution in [0.4, 0.5) is 0 Å². The van der Waals surface area contributed by atoms with Crippen LogP contribution in [0.3, 0.4) is 0 Å². The van der Waals surface area contributed by atoms with Gasteiger partial charge in [0.2, 0.25) is 0 Å². The van der Waals surface area contributed by atoms with Crippen molar-refractivity contribution in [2.24, 2.45) is 5.73 Å². The molecule has 0 aliphatic heterocycles. The minimum absolute atomic E-state index is 0.104.